The summed E-state index contributed by atoms with van der Waals surface area (Å²) in [5.41, 5.74) is 3.52. The minimum absolute atomic E-state index is 0.110. The van der Waals surface area contributed by atoms with Crippen LogP contribution in [0.2, 0.25) is 0 Å². The van der Waals surface area contributed by atoms with E-state index in [-0.39, 0.29) is 93.2 Å². The molecule has 8 heteroatoms. The van der Waals surface area contributed by atoms with Crippen molar-refractivity contribution in [3.05, 3.63) is 339 Å². The Morgan fingerprint density at radius 2 is 0.552 bits per heavy atom. The molecular weight excluding hydrogens is 1170 g/mol. The second kappa shape index (κ2) is 22.4. The van der Waals surface area contributed by atoms with Gasteiger partial charge in [-0.25, -0.2) is 19.9 Å². The summed E-state index contributed by atoms with van der Waals surface area (Å²) in [6.07, 6.45) is 0. The molecule has 448 valence electrons. The van der Waals surface area contributed by atoms with Crippen LogP contribution in [0.25, 0.3) is 177 Å². The summed E-state index contributed by atoms with van der Waals surface area (Å²) < 4.78 is 273. The average Bonchev–Trinajstić information content (AvgIpc) is 1.53. The van der Waals surface area contributed by atoms with Gasteiger partial charge in [-0.15, -0.1) is 0 Å². The van der Waals surface area contributed by atoms with Crippen LogP contribution < -0.4 is 0 Å². The molecule has 14 aromatic carbocycles. The molecule has 0 aliphatic carbocycles. The summed E-state index contributed by atoms with van der Waals surface area (Å²) in [5, 5.41) is -0.529. The molecule has 6 aromatic heterocycles. The largest absolute Gasteiger partial charge is 0.309 e. The predicted octanol–water partition coefficient (Wildman–Crippen LogP) is 22.3. The first-order valence-electron chi connectivity index (χ1n) is 45.1. The van der Waals surface area contributed by atoms with Gasteiger partial charge in [-0.2, -0.15) is 0 Å². The molecule has 96 heavy (non-hydrogen) atoms. The van der Waals surface area contributed by atoms with Crippen LogP contribution in [-0.4, -0.2) is 38.2 Å². The Hall–Kier alpha value is -13.0. The van der Waals surface area contributed by atoms with E-state index in [4.69, 9.17) is 50.1 Å². The van der Waals surface area contributed by atoms with E-state index in [0.717, 1.165) is 31.2 Å². The van der Waals surface area contributed by atoms with Gasteiger partial charge in [0, 0.05) is 87.6 Å². The molecule has 0 fully saturated rings. The molecule has 0 saturated heterocycles. The third-order valence-corrected chi connectivity index (χ3v) is 16.9. The first-order chi connectivity index (χ1) is 60.1. The summed E-state index contributed by atoms with van der Waals surface area (Å²) in [5.74, 6) is 0.263. The van der Waals surface area contributed by atoms with Gasteiger partial charge in [0.2, 0.25) is 5.95 Å². The second-order valence-corrected chi connectivity index (χ2v) is 22.2. The molecule has 20 aromatic rings. The summed E-state index contributed by atoms with van der Waals surface area (Å²) >= 11 is 0. The Labute approximate surface area is 593 Å². The van der Waals surface area contributed by atoms with E-state index in [1.54, 1.807) is 36.4 Å². The van der Waals surface area contributed by atoms with Crippen molar-refractivity contribution < 1.29 is 41.1 Å². The van der Waals surface area contributed by atoms with E-state index in [1.807, 2.05) is 121 Å². The normalized spacial score (nSPS) is 16.1. The third kappa shape index (κ3) is 8.92. The highest BCUT2D eigenvalue weighted by Gasteiger charge is 2.22. The number of para-hydroxylation sites is 8. The molecule has 0 saturated carbocycles. The van der Waals surface area contributed by atoms with Crippen LogP contribution in [0.15, 0.2) is 339 Å². The average molecular weight is 1260 g/mol. The Bertz CT molecular complexity index is 8170. The van der Waals surface area contributed by atoms with Crippen LogP contribution in [0.5, 0.6) is 0 Å². The monoisotopic (exact) mass is 1250 g/mol. The lowest BCUT2D eigenvalue weighted by atomic mass is 10.0. The molecule has 0 aliphatic rings. The molecule has 0 amide bonds. The Morgan fingerprint density at radius 3 is 1.04 bits per heavy atom. The lowest BCUT2D eigenvalue weighted by Crippen LogP contribution is -2.03. The molecule has 0 atom stereocenters. The highest BCUT2D eigenvalue weighted by atomic mass is 15.2. The first-order valence-corrected chi connectivity index (χ1v) is 30.1. The minimum atomic E-state index is -0.721. The first kappa shape index (κ1) is 32.5. The van der Waals surface area contributed by atoms with Crippen LogP contribution in [0.4, 0.5) is 0 Å². The van der Waals surface area contributed by atoms with Crippen molar-refractivity contribution in [3.63, 3.8) is 0 Å². The van der Waals surface area contributed by atoms with E-state index >= 15 is 0 Å². The molecule has 0 unspecified atom stereocenters. The molecule has 8 nitrogen and oxygen atoms in total. The van der Waals surface area contributed by atoms with Gasteiger partial charge in [-0.3, -0.25) is 4.57 Å². The zero-order valence-corrected chi connectivity index (χ0v) is 49.6. The van der Waals surface area contributed by atoms with E-state index in [0.29, 0.717) is 50.4 Å². The van der Waals surface area contributed by atoms with Crippen LogP contribution in [0.3, 0.4) is 0 Å². The van der Waals surface area contributed by atoms with Gasteiger partial charge >= 0.3 is 0 Å². The maximum Gasteiger partial charge on any atom is 0.235 e. The lowest BCUT2D eigenvalue weighted by molar-refractivity contribution is 1.01. The van der Waals surface area contributed by atoms with Crippen molar-refractivity contribution in [2.45, 2.75) is 0 Å². The fourth-order valence-electron chi connectivity index (χ4n) is 12.6. The number of hydrogen-bond donors (Lipinski definition) is 0. The maximum atomic E-state index is 9.88. The highest BCUT2D eigenvalue weighted by Crippen LogP contribution is 2.41. The zero-order chi connectivity index (χ0) is 89.3. The van der Waals surface area contributed by atoms with Crippen molar-refractivity contribution in [2.75, 3.05) is 0 Å². The number of nitrogens with zero attached hydrogens (tertiary/aromatic N) is 8. The van der Waals surface area contributed by atoms with Gasteiger partial charge in [0.25, 0.3) is 0 Å². The topological polar surface area (TPSA) is 71.3 Å². The smallest absolute Gasteiger partial charge is 0.235 e. The Kier molecular flexibility index (Phi) is 7.57. The molecule has 0 spiro atoms. The van der Waals surface area contributed by atoms with Crippen LogP contribution in [0, 0.1) is 0 Å². The van der Waals surface area contributed by atoms with Crippen molar-refractivity contribution in [1.82, 2.24) is 38.2 Å². The fraction of sp³-hybridized carbons (Fsp3) is 0. The number of rotatable bonds is 8. The number of fused-ring (bicyclic) bond motifs is 14. The van der Waals surface area contributed by atoms with Crippen molar-refractivity contribution in [1.29, 1.82) is 0 Å². The fourth-order valence-corrected chi connectivity index (χ4v) is 12.6. The summed E-state index contributed by atoms with van der Waals surface area (Å²) in [7, 11) is 0. The summed E-state index contributed by atoms with van der Waals surface area (Å²) in [6.45, 7) is 0. The number of hydrogen-bond acceptors (Lipinski definition) is 4. The van der Waals surface area contributed by atoms with E-state index in [9.17, 15) is 11.0 Å². The quantitative estimate of drug-likeness (QED) is 0.152. The Morgan fingerprint density at radius 1 is 0.219 bits per heavy atom. The Balaban J connectivity index is 0.000000165. The van der Waals surface area contributed by atoms with Crippen LogP contribution >= 0.6 is 0 Å². The minimum Gasteiger partial charge on any atom is -0.309 e. The molecule has 0 aliphatic heterocycles. The van der Waals surface area contributed by atoms with Gasteiger partial charge in [0.05, 0.1) is 108 Å². The maximum absolute atomic E-state index is 9.88. The summed E-state index contributed by atoms with van der Waals surface area (Å²) in [4.78, 5) is 19.6. The summed E-state index contributed by atoms with van der Waals surface area (Å²) in [6, 6.07) is 29.3. The number of benzene rings is 14. The van der Waals surface area contributed by atoms with E-state index in [2.05, 4.69) is 0 Å². The second-order valence-electron chi connectivity index (χ2n) is 22.2. The molecule has 0 N–H and O–H groups in total. The van der Waals surface area contributed by atoms with Crippen molar-refractivity contribution in [3.8, 4) is 68.0 Å². The van der Waals surface area contributed by atoms with E-state index < -0.39 is 193 Å². The van der Waals surface area contributed by atoms with E-state index in [1.165, 1.54) is 9.13 Å². The molecule has 0 radical (unpaired) electrons. The van der Waals surface area contributed by atoms with Crippen LogP contribution in [0.1, 0.15) is 41.1 Å². The molecule has 6 heterocycles. The van der Waals surface area contributed by atoms with Gasteiger partial charge < -0.3 is 13.7 Å². The predicted molar refractivity (Wildman–Crippen MR) is 398 cm³/mol. The SMILES string of the molecule is [2H]c1c([2H])c([2H])c2c(c1[2H])c1c([2H])c(-n3c4c([2H])c([2H])c([2H])c([2H])c4c4c([2H])c([2H])c([2H])c([2H])c43)c([2H])c([2H])c1n2-c1ccc(-c2nc(-c3ccccc3)c3ccccc3n2)cc1.[2H]c1c([2H])c([2H])c2c(c1[2H])c1c([2H])c(-n3c4c([2H])c([2H])c([2H])c([2H])c4c4c([2H])c([2H])c([2H])c([2H])c43)c([2H])c([2H])c1n2-c1nc(-c2ccc(-c3ccccc3)cc2)c2ccccc2n1. The van der Waals surface area contributed by atoms with Gasteiger partial charge in [-0.05, 0) is 120 Å². The standard InChI is InChI=1S/2C44H28N4/c1-2-12-29(13-3-1)43-36-17-4-8-18-38(36)45-44(46-43)30-22-24-31(25-23-30)47-41-21-11-7-16-35(41)37-28-32(26-27-42(37)47)48-39-19-9-5-14-33(39)34-15-6-10-20-40(34)48;1-2-12-29(13-3-1)30-22-24-31(25-23-30)43-36-17-4-8-18-38(36)45-44(46-43)48-41-21-11-7-16-35(41)37-28-32(26-27-42(37)48)47-39-19-9-5-14-33(39)34-15-6-10-20-40(34)47/h2*1-28H/i2*5D,6D,7D,9D,10D,11D,14D,15D,16D,19D,20D,21D,26D,27D,28D. The van der Waals surface area contributed by atoms with Gasteiger partial charge in [0.1, 0.15) is 0 Å². The van der Waals surface area contributed by atoms with Crippen molar-refractivity contribution >= 4 is 109 Å². The lowest BCUT2D eigenvalue weighted by Gasteiger charge is -2.12. The van der Waals surface area contributed by atoms with Crippen molar-refractivity contribution in [2.24, 2.45) is 0 Å². The third-order valence-electron chi connectivity index (χ3n) is 16.9. The number of aromatic nitrogens is 8. The van der Waals surface area contributed by atoms with Gasteiger partial charge in [0.15, 0.2) is 5.82 Å². The highest BCUT2D eigenvalue weighted by molar-refractivity contribution is 6.14. The zero-order valence-electron chi connectivity index (χ0n) is 79.6. The van der Waals surface area contributed by atoms with Gasteiger partial charge in [-0.1, -0.05) is 230 Å². The molecule has 0 bridgehead atoms. The molecular formula is C88H56N8. The molecule has 20 rings (SSSR count). The van der Waals surface area contributed by atoms with Crippen LogP contribution in [-0.2, 0) is 0 Å².